The van der Waals surface area contributed by atoms with Crippen LogP contribution in [0.15, 0.2) is 23.3 Å². The molecule has 0 atom stereocenters. The summed E-state index contributed by atoms with van der Waals surface area (Å²) in [4.78, 5) is 31.1. The van der Waals surface area contributed by atoms with E-state index in [0.29, 0.717) is 6.04 Å². The van der Waals surface area contributed by atoms with Crippen molar-refractivity contribution in [3.63, 3.8) is 0 Å². The molecule has 0 spiro atoms. The maximum absolute atomic E-state index is 12.3. The van der Waals surface area contributed by atoms with Crippen molar-refractivity contribution in [3.8, 4) is 0 Å². The fraction of sp³-hybridized carbons (Fsp3) is 0.600. The van der Waals surface area contributed by atoms with Gasteiger partial charge in [0.15, 0.2) is 5.43 Å². The molecule has 0 unspecified atom stereocenters. The normalized spacial score (nSPS) is 16.6. The van der Waals surface area contributed by atoms with Crippen LogP contribution in [0.25, 0.3) is 0 Å². The Labute approximate surface area is 119 Å². The molecule has 110 valence electrons. The summed E-state index contributed by atoms with van der Waals surface area (Å²) in [5, 5.41) is 0. The number of carbonyl (C=O) groups is 1. The van der Waals surface area contributed by atoms with E-state index in [0.717, 1.165) is 39.0 Å². The first kappa shape index (κ1) is 14.8. The van der Waals surface area contributed by atoms with Gasteiger partial charge in [-0.2, -0.15) is 0 Å². The van der Waals surface area contributed by atoms with Gasteiger partial charge in [-0.25, -0.2) is 0 Å². The van der Waals surface area contributed by atoms with Gasteiger partial charge in [-0.05, 0) is 25.9 Å². The van der Waals surface area contributed by atoms with Crippen LogP contribution in [0.3, 0.4) is 0 Å². The molecule has 5 heteroatoms. The van der Waals surface area contributed by atoms with Crippen molar-refractivity contribution >= 4 is 5.91 Å². The largest absolute Gasteiger partial charge is 0.367 e. The second kappa shape index (κ2) is 6.70. The lowest BCUT2D eigenvalue weighted by Gasteiger charge is -2.37. The molecule has 0 aliphatic carbocycles. The Morgan fingerprint density at radius 3 is 2.55 bits per heavy atom. The molecular weight excluding hydrogens is 254 g/mol. The molecule has 1 N–H and O–H groups in total. The molecular formula is C15H23N3O2. The van der Waals surface area contributed by atoms with Gasteiger partial charge < -0.3 is 14.8 Å². The van der Waals surface area contributed by atoms with Gasteiger partial charge in [0.1, 0.15) is 5.56 Å². The minimum Gasteiger partial charge on any atom is -0.367 e. The van der Waals surface area contributed by atoms with Crippen LogP contribution in [-0.4, -0.2) is 52.9 Å². The number of pyridine rings is 1. The Morgan fingerprint density at radius 1 is 1.35 bits per heavy atom. The number of likely N-dealkylation sites (tertiary alicyclic amines) is 1. The molecule has 20 heavy (non-hydrogen) atoms. The molecule has 1 amide bonds. The third-order valence-electron chi connectivity index (χ3n) is 4.13. The molecule has 2 heterocycles. The molecule has 1 aliphatic heterocycles. The van der Waals surface area contributed by atoms with Crippen LogP contribution in [0.2, 0.25) is 0 Å². The molecule has 1 fully saturated rings. The smallest absolute Gasteiger partial charge is 0.259 e. The van der Waals surface area contributed by atoms with Gasteiger partial charge in [-0.1, -0.05) is 13.8 Å². The average Bonchev–Trinajstić information content (AvgIpc) is 2.49. The Balaban J connectivity index is 1.99. The highest BCUT2D eigenvalue weighted by Crippen LogP contribution is 2.17. The maximum atomic E-state index is 12.3. The van der Waals surface area contributed by atoms with Gasteiger partial charge in [0.2, 0.25) is 0 Å². The molecule has 1 aromatic rings. The van der Waals surface area contributed by atoms with E-state index in [1.54, 1.807) is 11.1 Å². The number of H-pyrrole nitrogens is 1. The SMILES string of the molecule is CCN(CC)C1CCN(C(=O)c2c[nH]ccc2=O)CC1. The van der Waals surface area contributed by atoms with Crippen LogP contribution >= 0.6 is 0 Å². The van der Waals surface area contributed by atoms with Gasteiger partial charge in [0.05, 0.1) is 0 Å². The number of hydrogen-bond donors (Lipinski definition) is 1. The summed E-state index contributed by atoms with van der Waals surface area (Å²) in [5.74, 6) is -0.148. The third kappa shape index (κ3) is 3.10. The number of nitrogens with zero attached hydrogens (tertiary/aromatic N) is 2. The molecule has 2 rings (SSSR count). The second-order valence-corrected chi connectivity index (χ2v) is 5.17. The zero-order valence-electron chi connectivity index (χ0n) is 12.3. The lowest BCUT2D eigenvalue weighted by atomic mass is 10.0. The summed E-state index contributed by atoms with van der Waals surface area (Å²) in [6.07, 6.45) is 5.02. The van der Waals surface area contributed by atoms with E-state index >= 15 is 0 Å². The van der Waals surface area contributed by atoms with E-state index in [-0.39, 0.29) is 16.9 Å². The number of aromatic nitrogens is 1. The standard InChI is InChI=1S/C15H23N3O2/c1-3-17(4-2)12-6-9-18(10-7-12)15(20)13-11-16-8-5-14(13)19/h5,8,11-12H,3-4,6-7,9-10H2,1-2H3,(H,16,19). The van der Waals surface area contributed by atoms with E-state index in [1.165, 1.54) is 12.3 Å². The fourth-order valence-electron chi connectivity index (χ4n) is 2.93. The Kier molecular flexibility index (Phi) is 4.95. The van der Waals surface area contributed by atoms with Crippen molar-refractivity contribution in [2.75, 3.05) is 26.2 Å². The van der Waals surface area contributed by atoms with E-state index in [9.17, 15) is 9.59 Å². The minimum absolute atomic E-state index is 0.148. The van der Waals surface area contributed by atoms with Gasteiger partial charge >= 0.3 is 0 Å². The van der Waals surface area contributed by atoms with Gasteiger partial charge in [-0.3, -0.25) is 9.59 Å². The van der Waals surface area contributed by atoms with Gasteiger partial charge in [0, 0.05) is 37.6 Å². The molecule has 0 radical (unpaired) electrons. The number of hydrogen-bond acceptors (Lipinski definition) is 3. The number of aromatic amines is 1. The highest BCUT2D eigenvalue weighted by Gasteiger charge is 2.26. The first-order chi connectivity index (χ1) is 9.67. The molecule has 1 saturated heterocycles. The molecule has 1 aromatic heterocycles. The van der Waals surface area contributed by atoms with Crippen molar-refractivity contribution in [2.24, 2.45) is 0 Å². The fourth-order valence-corrected chi connectivity index (χ4v) is 2.93. The van der Waals surface area contributed by atoms with Crippen LogP contribution in [-0.2, 0) is 0 Å². The molecule has 1 aliphatic rings. The number of rotatable bonds is 4. The second-order valence-electron chi connectivity index (χ2n) is 5.17. The summed E-state index contributed by atoms with van der Waals surface area (Å²) in [6.45, 7) is 7.90. The zero-order chi connectivity index (χ0) is 14.5. The number of amides is 1. The number of carbonyl (C=O) groups excluding carboxylic acids is 1. The van der Waals surface area contributed by atoms with Crippen molar-refractivity contribution in [1.29, 1.82) is 0 Å². The van der Waals surface area contributed by atoms with Crippen LogP contribution in [0.4, 0.5) is 0 Å². The van der Waals surface area contributed by atoms with E-state index in [1.807, 2.05) is 0 Å². The van der Waals surface area contributed by atoms with Crippen LogP contribution < -0.4 is 5.43 Å². The van der Waals surface area contributed by atoms with Crippen LogP contribution in [0.5, 0.6) is 0 Å². The highest BCUT2D eigenvalue weighted by molar-refractivity contribution is 5.93. The molecule has 0 saturated carbocycles. The molecule has 0 bridgehead atoms. The summed E-state index contributed by atoms with van der Waals surface area (Å²) in [5.41, 5.74) is 0.0356. The van der Waals surface area contributed by atoms with Crippen LogP contribution in [0, 0.1) is 0 Å². The van der Waals surface area contributed by atoms with Crippen molar-refractivity contribution in [1.82, 2.24) is 14.8 Å². The van der Waals surface area contributed by atoms with E-state index in [4.69, 9.17) is 0 Å². The first-order valence-corrected chi connectivity index (χ1v) is 7.37. The zero-order valence-corrected chi connectivity index (χ0v) is 12.3. The summed E-state index contributed by atoms with van der Waals surface area (Å²) >= 11 is 0. The molecule has 0 aromatic carbocycles. The average molecular weight is 277 g/mol. The monoisotopic (exact) mass is 277 g/mol. The van der Waals surface area contributed by atoms with Crippen molar-refractivity contribution in [2.45, 2.75) is 32.7 Å². The predicted octanol–water partition coefficient (Wildman–Crippen LogP) is 1.32. The first-order valence-electron chi connectivity index (χ1n) is 7.37. The number of nitrogens with one attached hydrogen (secondary N) is 1. The van der Waals surface area contributed by atoms with E-state index in [2.05, 4.69) is 23.7 Å². The summed E-state index contributed by atoms with van der Waals surface area (Å²) in [7, 11) is 0. The predicted molar refractivity (Wildman–Crippen MR) is 78.9 cm³/mol. The number of piperidine rings is 1. The molecule has 5 nitrogen and oxygen atoms in total. The maximum Gasteiger partial charge on any atom is 0.259 e. The van der Waals surface area contributed by atoms with Crippen LogP contribution in [0.1, 0.15) is 37.0 Å². The topological polar surface area (TPSA) is 56.4 Å². The Hall–Kier alpha value is -1.62. The minimum atomic E-state index is -0.209. The van der Waals surface area contributed by atoms with Crippen molar-refractivity contribution in [3.05, 3.63) is 34.2 Å². The highest BCUT2D eigenvalue weighted by atomic mass is 16.2. The lowest BCUT2D eigenvalue weighted by Crippen LogP contribution is -2.47. The summed E-state index contributed by atoms with van der Waals surface area (Å²) in [6, 6.07) is 1.96. The Bertz CT molecular complexity index is 500. The quantitative estimate of drug-likeness (QED) is 0.903. The third-order valence-corrected chi connectivity index (χ3v) is 4.13. The summed E-state index contributed by atoms with van der Waals surface area (Å²) < 4.78 is 0. The van der Waals surface area contributed by atoms with Crippen molar-refractivity contribution < 1.29 is 4.79 Å². The van der Waals surface area contributed by atoms with Gasteiger partial charge in [-0.15, -0.1) is 0 Å². The lowest BCUT2D eigenvalue weighted by molar-refractivity contribution is 0.0630. The van der Waals surface area contributed by atoms with Gasteiger partial charge in [0.25, 0.3) is 5.91 Å². The van der Waals surface area contributed by atoms with E-state index < -0.39 is 0 Å². The Morgan fingerprint density at radius 2 is 2.00 bits per heavy atom.